The highest BCUT2D eigenvalue weighted by molar-refractivity contribution is 5.54. The summed E-state index contributed by atoms with van der Waals surface area (Å²) in [6.07, 6.45) is 7.79. The molecule has 3 rings (SSSR count). The van der Waals surface area contributed by atoms with Gasteiger partial charge in [0.25, 0.3) is 0 Å². The maximum absolute atomic E-state index is 3.38. The molecule has 1 aromatic rings. The third kappa shape index (κ3) is 4.05. The van der Waals surface area contributed by atoms with Crippen molar-refractivity contribution in [1.82, 2.24) is 4.90 Å². The summed E-state index contributed by atoms with van der Waals surface area (Å²) < 4.78 is 0. The lowest BCUT2D eigenvalue weighted by atomic mass is 10.1. The summed E-state index contributed by atoms with van der Waals surface area (Å²) in [4.78, 5) is 5.04. The summed E-state index contributed by atoms with van der Waals surface area (Å²) in [6.45, 7) is 8.28. The van der Waals surface area contributed by atoms with Crippen molar-refractivity contribution < 1.29 is 0 Å². The smallest absolute Gasteiger partial charge is 0.0369 e. The van der Waals surface area contributed by atoms with Crippen LogP contribution in [0.4, 0.5) is 5.69 Å². The Labute approximate surface area is 135 Å². The molecular weight excluding hydrogens is 268 g/mol. The molecule has 0 aromatic heterocycles. The summed E-state index contributed by atoms with van der Waals surface area (Å²) in [5.74, 6) is 6.75. The third-order valence-corrected chi connectivity index (χ3v) is 4.91. The van der Waals surface area contributed by atoms with E-state index in [4.69, 9.17) is 0 Å². The fraction of sp³-hybridized carbons (Fsp3) is 0.600. The highest BCUT2D eigenvalue weighted by Gasteiger charge is 2.12. The van der Waals surface area contributed by atoms with Gasteiger partial charge in [0.2, 0.25) is 0 Å². The van der Waals surface area contributed by atoms with Crippen LogP contribution in [0, 0.1) is 18.8 Å². The van der Waals surface area contributed by atoms with Gasteiger partial charge in [-0.05, 0) is 69.5 Å². The number of anilines is 1. The largest absolute Gasteiger partial charge is 0.372 e. The number of aryl methyl sites for hydroxylation is 1. The van der Waals surface area contributed by atoms with Crippen LogP contribution in [-0.2, 0) is 0 Å². The molecule has 2 heterocycles. The van der Waals surface area contributed by atoms with E-state index in [1.165, 1.54) is 75.1 Å². The molecule has 2 fully saturated rings. The van der Waals surface area contributed by atoms with Crippen molar-refractivity contribution >= 4 is 5.69 Å². The highest BCUT2D eigenvalue weighted by Crippen LogP contribution is 2.22. The number of hydrogen-bond donors (Lipinski definition) is 0. The summed E-state index contributed by atoms with van der Waals surface area (Å²) in [6, 6.07) is 6.75. The molecule has 2 aliphatic heterocycles. The highest BCUT2D eigenvalue weighted by atomic mass is 15.1. The standard InChI is InChI=1S/C20H28N2/c1-18-17-20(22-15-7-8-16-22)11-10-19(18)9-3-6-14-21-12-4-2-5-13-21/h10-11,17H,2,4-8,12-16H2,1H3. The number of rotatable bonds is 3. The monoisotopic (exact) mass is 296 g/mol. The minimum atomic E-state index is 0.993. The molecule has 118 valence electrons. The zero-order valence-corrected chi connectivity index (χ0v) is 13.9. The Hall–Kier alpha value is -1.46. The van der Waals surface area contributed by atoms with E-state index in [0.29, 0.717) is 0 Å². The van der Waals surface area contributed by atoms with Gasteiger partial charge in [-0.25, -0.2) is 0 Å². The molecule has 22 heavy (non-hydrogen) atoms. The molecule has 0 N–H and O–H groups in total. The molecule has 0 aliphatic carbocycles. The van der Waals surface area contributed by atoms with Crippen LogP contribution in [-0.4, -0.2) is 37.6 Å². The molecule has 0 atom stereocenters. The van der Waals surface area contributed by atoms with Crippen LogP contribution in [0.2, 0.25) is 0 Å². The molecule has 0 unspecified atom stereocenters. The second-order valence-electron chi connectivity index (χ2n) is 6.65. The SMILES string of the molecule is Cc1cc(N2CCCC2)ccc1C#CCCN1CCCCC1. The van der Waals surface area contributed by atoms with E-state index in [2.05, 4.69) is 46.8 Å². The van der Waals surface area contributed by atoms with Gasteiger partial charge in [-0.2, -0.15) is 0 Å². The molecule has 0 amide bonds. The van der Waals surface area contributed by atoms with E-state index in [1.54, 1.807) is 0 Å². The maximum Gasteiger partial charge on any atom is 0.0369 e. The van der Waals surface area contributed by atoms with Crippen molar-refractivity contribution in [1.29, 1.82) is 0 Å². The van der Waals surface area contributed by atoms with Gasteiger partial charge in [0.1, 0.15) is 0 Å². The van der Waals surface area contributed by atoms with Crippen molar-refractivity contribution in [2.24, 2.45) is 0 Å². The minimum Gasteiger partial charge on any atom is -0.372 e. The molecule has 0 bridgehead atoms. The Bertz CT molecular complexity index is 541. The Morgan fingerprint density at radius 3 is 2.41 bits per heavy atom. The Kier molecular flexibility index (Phi) is 5.40. The van der Waals surface area contributed by atoms with Gasteiger partial charge in [0.05, 0.1) is 0 Å². The molecule has 0 spiro atoms. The molecule has 0 saturated carbocycles. The van der Waals surface area contributed by atoms with Crippen LogP contribution in [0.1, 0.15) is 49.7 Å². The van der Waals surface area contributed by atoms with E-state index in [-0.39, 0.29) is 0 Å². The Morgan fingerprint density at radius 2 is 1.68 bits per heavy atom. The zero-order valence-electron chi connectivity index (χ0n) is 13.9. The van der Waals surface area contributed by atoms with Crippen molar-refractivity contribution in [3.05, 3.63) is 29.3 Å². The first-order chi connectivity index (χ1) is 10.8. The molecule has 1 aromatic carbocycles. The second-order valence-corrected chi connectivity index (χ2v) is 6.65. The molecule has 2 aliphatic rings. The number of hydrogen-bond acceptors (Lipinski definition) is 2. The van der Waals surface area contributed by atoms with Crippen LogP contribution in [0.3, 0.4) is 0 Å². The Morgan fingerprint density at radius 1 is 0.955 bits per heavy atom. The fourth-order valence-corrected chi connectivity index (χ4v) is 3.51. The summed E-state index contributed by atoms with van der Waals surface area (Å²) in [7, 11) is 0. The predicted octanol–water partition coefficient (Wildman–Crippen LogP) is 3.82. The number of piperidine rings is 1. The van der Waals surface area contributed by atoms with Gasteiger partial charge in [-0.1, -0.05) is 18.3 Å². The molecular formula is C20H28N2. The van der Waals surface area contributed by atoms with E-state index < -0.39 is 0 Å². The van der Waals surface area contributed by atoms with E-state index in [1.807, 2.05) is 0 Å². The van der Waals surface area contributed by atoms with E-state index >= 15 is 0 Å². The average Bonchev–Trinajstić information content (AvgIpc) is 3.08. The van der Waals surface area contributed by atoms with Gasteiger partial charge in [-0.3, -0.25) is 0 Å². The van der Waals surface area contributed by atoms with Gasteiger partial charge in [0.15, 0.2) is 0 Å². The van der Waals surface area contributed by atoms with Crippen LogP contribution >= 0.6 is 0 Å². The van der Waals surface area contributed by atoms with Crippen LogP contribution < -0.4 is 4.90 Å². The fourth-order valence-electron chi connectivity index (χ4n) is 3.51. The first-order valence-electron chi connectivity index (χ1n) is 8.90. The van der Waals surface area contributed by atoms with Crippen LogP contribution in [0.25, 0.3) is 0 Å². The van der Waals surface area contributed by atoms with E-state index in [0.717, 1.165) is 13.0 Å². The van der Waals surface area contributed by atoms with Crippen molar-refractivity contribution in [2.75, 3.05) is 37.6 Å². The molecule has 2 saturated heterocycles. The molecule has 0 radical (unpaired) electrons. The predicted molar refractivity (Wildman–Crippen MR) is 94.4 cm³/mol. The van der Waals surface area contributed by atoms with E-state index in [9.17, 15) is 0 Å². The Balaban J connectivity index is 1.54. The van der Waals surface area contributed by atoms with Crippen molar-refractivity contribution in [3.63, 3.8) is 0 Å². The first kappa shape index (κ1) is 15.4. The third-order valence-electron chi connectivity index (χ3n) is 4.91. The van der Waals surface area contributed by atoms with Gasteiger partial charge < -0.3 is 9.80 Å². The zero-order chi connectivity index (χ0) is 15.2. The van der Waals surface area contributed by atoms with Crippen LogP contribution in [0.5, 0.6) is 0 Å². The topological polar surface area (TPSA) is 6.48 Å². The molecule has 2 nitrogen and oxygen atoms in total. The van der Waals surface area contributed by atoms with Crippen LogP contribution in [0.15, 0.2) is 18.2 Å². The maximum atomic E-state index is 3.38. The van der Waals surface area contributed by atoms with Crippen molar-refractivity contribution in [2.45, 2.75) is 45.4 Å². The minimum absolute atomic E-state index is 0.993. The number of benzene rings is 1. The lowest BCUT2D eigenvalue weighted by Gasteiger charge is -2.25. The second kappa shape index (κ2) is 7.70. The van der Waals surface area contributed by atoms with Crippen molar-refractivity contribution in [3.8, 4) is 11.8 Å². The molecule has 2 heteroatoms. The average molecular weight is 296 g/mol. The first-order valence-corrected chi connectivity index (χ1v) is 8.90. The lowest BCUT2D eigenvalue weighted by molar-refractivity contribution is 0.234. The summed E-state index contributed by atoms with van der Waals surface area (Å²) >= 11 is 0. The lowest BCUT2D eigenvalue weighted by Crippen LogP contribution is -2.30. The number of likely N-dealkylation sites (tertiary alicyclic amines) is 1. The van der Waals surface area contributed by atoms with Gasteiger partial charge >= 0.3 is 0 Å². The normalized spacial score (nSPS) is 19.0. The quantitative estimate of drug-likeness (QED) is 0.782. The summed E-state index contributed by atoms with van der Waals surface area (Å²) in [5, 5.41) is 0. The summed E-state index contributed by atoms with van der Waals surface area (Å²) in [5.41, 5.74) is 3.88. The number of nitrogens with zero attached hydrogens (tertiary/aromatic N) is 2. The van der Waals surface area contributed by atoms with Gasteiger partial charge in [0, 0.05) is 37.3 Å². The van der Waals surface area contributed by atoms with Gasteiger partial charge in [-0.15, -0.1) is 0 Å².